The fourth-order valence-electron chi connectivity index (χ4n) is 3.76. The fraction of sp³-hybridized carbons (Fsp3) is 0.333. The summed E-state index contributed by atoms with van der Waals surface area (Å²) >= 11 is 0. The van der Waals surface area contributed by atoms with Crippen molar-refractivity contribution in [2.24, 2.45) is 0 Å². The van der Waals surface area contributed by atoms with Crippen molar-refractivity contribution in [2.45, 2.75) is 20.4 Å². The zero-order valence-electron chi connectivity index (χ0n) is 15.6. The van der Waals surface area contributed by atoms with E-state index < -0.39 is 0 Å². The maximum Gasteiger partial charge on any atom is 0.289 e. The molecule has 0 spiro atoms. The van der Waals surface area contributed by atoms with Gasteiger partial charge in [0.15, 0.2) is 5.76 Å². The van der Waals surface area contributed by atoms with E-state index in [0.717, 1.165) is 35.1 Å². The van der Waals surface area contributed by atoms with E-state index in [1.54, 1.807) is 17.0 Å². The number of amides is 1. The number of aryl methyl sites for hydroxylation is 2. The highest BCUT2D eigenvalue weighted by Crippen LogP contribution is 2.19. The number of nitrogens with one attached hydrogen (secondary N) is 1. The van der Waals surface area contributed by atoms with Crippen LogP contribution >= 0.6 is 0 Å². The molecule has 1 aliphatic heterocycles. The van der Waals surface area contributed by atoms with E-state index >= 15 is 0 Å². The van der Waals surface area contributed by atoms with E-state index in [9.17, 15) is 9.59 Å². The second-order valence-corrected chi connectivity index (χ2v) is 7.22. The number of carbonyl (C=O) groups is 1. The molecule has 2 aromatic heterocycles. The van der Waals surface area contributed by atoms with Gasteiger partial charge in [-0.1, -0.05) is 11.6 Å². The van der Waals surface area contributed by atoms with Crippen molar-refractivity contribution >= 4 is 16.8 Å². The molecule has 1 amide bonds. The van der Waals surface area contributed by atoms with E-state index in [-0.39, 0.29) is 11.5 Å². The van der Waals surface area contributed by atoms with Crippen molar-refractivity contribution in [1.29, 1.82) is 0 Å². The number of fused-ring (bicyclic) bond motifs is 1. The van der Waals surface area contributed by atoms with Crippen molar-refractivity contribution in [3.63, 3.8) is 0 Å². The van der Waals surface area contributed by atoms with Gasteiger partial charge in [-0.15, -0.1) is 0 Å². The fourth-order valence-corrected chi connectivity index (χ4v) is 3.76. The molecule has 0 bridgehead atoms. The zero-order chi connectivity index (χ0) is 19.0. The van der Waals surface area contributed by atoms with Gasteiger partial charge >= 0.3 is 0 Å². The topological polar surface area (TPSA) is 69.6 Å². The maximum absolute atomic E-state index is 12.5. The summed E-state index contributed by atoms with van der Waals surface area (Å²) < 4.78 is 5.20. The summed E-state index contributed by atoms with van der Waals surface area (Å²) in [7, 11) is 0. The highest BCUT2D eigenvalue weighted by molar-refractivity contribution is 5.91. The van der Waals surface area contributed by atoms with Crippen LogP contribution in [0.15, 0.2) is 45.8 Å². The van der Waals surface area contributed by atoms with Crippen LogP contribution in [0.25, 0.3) is 10.9 Å². The second-order valence-electron chi connectivity index (χ2n) is 7.22. The molecule has 0 saturated carbocycles. The Hall–Kier alpha value is -2.86. The number of hydrogen-bond acceptors (Lipinski definition) is 4. The minimum absolute atomic E-state index is 0.0384. The Labute approximate surface area is 157 Å². The molecule has 6 nitrogen and oxygen atoms in total. The van der Waals surface area contributed by atoms with Crippen LogP contribution in [-0.2, 0) is 6.54 Å². The van der Waals surface area contributed by atoms with Gasteiger partial charge in [0.1, 0.15) is 0 Å². The number of aromatic amines is 1. The van der Waals surface area contributed by atoms with Gasteiger partial charge in [0.2, 0.25) is 0 Å². The molecule has 27 heavy (non-hydrogen) atoms. The van der Waals surface area contributed by atoms with Gasteiger partial charge in [0, 0.05) is 38.3 Å². The average Bonchev–Trinajstić information content (AvgIpc) is 3.18. The third kappa shape index (κ3) is 3.53. The Morgan fingerprint density at radius 2 is 1.93 bits per heavy atom. The summed E-state index contributed by atoms with van der Waals surface area (Å²) in [5, 5.41) is 1.06. The molecule has 3 heterocycles. The molecular weight excluding hydrogens is 342 g/mol. The molecule has 4 rings (SSSR count). The van der Waals surface area contributed by atoms with E-state index in [0.29, 0.717) is 25.4 Å². The molecule has 0 unspecified atom stereocenters. The first kappa shape index (κ1) is 17.5. The highest BCUT2D eigenvalue weighted by Gasteiger charge is 2.24. The van der Waals surface area contributed by atoms with Crippen LogP contribution < -0.4 is 5.56 Å². The summed E-state index contributed by atoms with van der Waals surface area (Å²) in [5.41, 5.74) is 3.90. The van der Waals surface area contributed by atoms with Crippen LogP contribution in [0.2, 0.25) is 0 Å². The number of benzene rings is 1. The molecule has 1 aromatic carbocycles. The van der Waals surface area contributed by atoms with Gasteiger partial charge in [0.25, 0.3) is 11.5 Å². The lowest BCUT2D eigenvalue weighted by atomic mass is 10.0. The maximum atomic E-state index is 12.5. The van der Waals surface area contributed by atoms with Crippen molar-refractivity contribution in [3.8, 4) is 0 Å². The molecule has 1 aliphatic rings. The van der Waals surface area contributed by atoms with Crippen LogP contribution in [0.3, 0.4) is 0 Å². The molecule has 6 heteroatoms. The van der Waals surface area contributed by atoms with Crippen LogP contribution in [0.4, 0.5) is 0 Å². The van der Waals surface area contributed by atoms with Crippen LogP contribution in [0, 0.1) is 13.8 Å². The molecule has 0 atom stereocenters. The molecule has 0 radical (unpaired) electrons. The molecule has 0 aliphatic carbocycles. The molecule has 3 aromatic rings. The molecule has 140 valence electrons. The standard InChI is InChI=1S/C21H23N3O3/c1-14-10-15(2)19-16(11-14)12-17(20(25)22-19)13-23-5-7-24(8-6-23)21(26)18-4-3-9-27-18/h3-4,9-12H,5-8,13H2,1-2H3,(H,22,25). The quantitative estimate of drug-likeness (QED) is 0.775. The zero-order valence-corrected chi connectivity index (χ0v) is 15.6. The lowest BCUT2D eigenvalue weighted by Crippen LogP contribution is -2.48. The minimum atomic E-state index is -0.0749. The molecule has 1 fully saturated rings. The van der Waals surface area contributed by atoms with Crippen LogP contribution in [-0.4, -0.2) is 46.9 Å². The number of hydrogen-bond donors (Lipinski definition) is 1. The number of furan rings is 1. The van der Waals surface area contributed by atoms with Gasteiger partial charge in [-0.2, -0.15) is 0 Å². The van der Waals surface area contributed by atoms with E-state index in [1.165, 1.54) is 11.8 Å². The first-order valence-corrected chi connectivity index (χ1v) is 9.19. The normalized spacial score (nSPS) is 15.4. The monoisotopic (exact) mass is 365 g/mol. The number of carbonyl (C=O) groups excluding carboxylic acids is 1. The van der Waals surface area contributed by atoms with E-state index in [4.69, 9.17) is 4.42 Å². The van der Waals surface area contributed by atoms with Gasteiger partial charge in [-0.3, -0.25) is 14.5 Å². The summed E-state index contributed by atoms with van der Waals surface area (Å²) in [5.74, 6) is 0.300. The number of rotatable bonds is 3. The smallest absolute Gasteiger partial charge is 0.289 e. The Bertz CT molecular complexity index is 1030. The summed E-state index contributed by atoms with van der Waals surface area (Å²) in [6.45, 7) is 7.38. The van der Waals surface area contributed by atoms with Gasteiger partial charge in [0.05, 0.1) is 11.8 Å². The number of aromatic nitrogens is 1. The minimum Gasteiger partial charge on any atom is -0.459 e. The predicted octanol–water partition coefficient (Wildman–Crippen LogP) is 2.70. The van der Waals surface area contributed by atoms with Crippen molar-refractivity contribution in [1.82, 2.24) is 14.8 Å². The Morgan fingerprint density at radius 3 is 2.63 bits per heavy atom. The van der Waals surface area contributed by atoms with Gasteiger partial charge < -0.3 is 14.3 Å². The average molecular weight is 365 g/mol. The summed E-state index contributed by atoms with van der Waals surface area (Å²) in [6, 6.07) is 9.58. The number of nitrogens with zero attached hydrogens (tertiary/aromatic N) is 2. The lowest BCUT2D eigenvalue weighted by molar-refractivity contribution is 0.0597. The molecular formula is C21H23N3O3. The SMILES string of the molecule is Cc1cc(C)c2[nH]c(=O)c(CN3CCN(C(=O)c4ccco4)CC3)cc2c1. The lowest BCUT2D eigenvalue weighted by Gasteiger charge is -2.34. The van der Waals surface area contributed by atoms with Crippen molar-refractivity contribution in [3.05, 3.63) is 69.4 Å². The molecule has 1 N–H and O–H groups in total. The summed E-state index contributed by atoms with van der Waals surface area (Å²) in [4.78, 5) is 31.9. The second kappa shape index (κ2) is 7.04. The Balaban J connectivity index is 1.47. The van der Waals surface area contributed by atoms with Crippen molar-refractivity contribution < 1.29 is 9.21 Å². The van der Waals surface area contributed by atoms with Crippen molar-refractivity contribution in [2.75, 3.05) is 26.2 Å². The number of pyridine rings is 1. The predicted molar refractivity (Wildman–Crippen MR) is 104 cm³/mol. The number of H-pyrrole nitrogens is 1. The number of piperazine rings is 1. The van der Waals surface area contributed by atoms with Crippen LogP contribution in [0.1, 0.15) is 27.2 Å². The Morgan fingerprint density at radius 1 is 1.15 bits per heavy atom. The largest absolute Gasteiger partial charge is 0.459 e. The molecule has 1 saturated heterocycles. The van der Waals surface area contributed by atoms with Gasteiger partial charge in [-0.25, -0.2) is 0 Å². The first-order valence-electron chi connectivity index (χ1n) is 9.19. The third-order valence-corrected chi connectivity index (χ3v) is 5.16. The Kier molecular flexibility index (Phi) is 4.58. The third-order valence-electron chi connectivity index (χ3n) is 5.16. The highest BCUT2D eigenvalue weighted by atomic mass is 16.3. The van der Waals surface area contributed by atoms with Crippen LogP contribution in [0.5, 0.6) is 0 Å². The van der Waals surface area contributed by atoms with Gasteiger partial charge in [-0.05, 0) is 49.1 Å². The van der Waals surface area contributed by atoms with E-state index in [2.05, 4.69) is 28.9 Å². The van der Waals surface area contributed by atoms with E-state index in [1.807, 2.05) is 13.0 Å². The first-order chi connectivity index (χ1) is 13.0. The summed E-state index contributed by atoms with van der Waals surface area (Å²) in [6.07, 6.45) is 1.51.